The standard InChI is InChI=1S/C20H21N3O3/c1-14-7-5-10-18(24)23(14)12-6-11-21-19(25)16-13-15-8-3-4-9-17(15)22(2)20(16)26/h3-5,7-10,13H,6,11-12H2,1-2H3,(H,21,25). The topological polar surface area (TPSA) is 73.1 Å². The highest BCUT2D eigenvalue weighted by Gasteiger charge is 2.13. The van der Waals surface area contributed by atoms with E-state index in [1.54, 1.807) is 23.7 Å². The number of carbonyl (C=O) groups excluding carboxylic acids is 1. The van der Waals surface area contributed by atoms with Crippen molar-refractivity contribution in [3.8, 4) is 0 Å². The van der Waals surface area contributed by atoms with E-state index in [0.29, 0.717) is 19.5 Å². The Bertz CT molecular complexity index is 1080. The number of nitrogens with zero attached hydrogens (tertiary/aromatic N) is 2. The summed E-state index contributed by atoms with van der Waals surface area (Å²) in [4.78, 5) is 36.7. The van der Waals surface area contributed by atoms with Crippen LogP contribution >= 0.6 is 0 Å². The van der Waals surface area contributed by atoms with Gasteiger partial charge in [0.05, 0.1) is 5.52 Å². The first-order valence-corrected chi connectivity index (χ1v) is 8.52. The van der Waals surface area contributed by atoms with Gasteiger partial charge in [0.15, 0.2) is 0 Å². The molecule has 0 bridgehead atoms. The molecule has 0 spiro atoms. The van der Waals surface area contributed by atoms with Crippen molar-refractivity contribution in [2.75, 3.05) is 6.54 Å². The van der Waals surface area contributed by atoms with Crippen LogP contribution in [0.4, 0.5) is 0 Å². The number of hydrogen-bond donors (Lipinski definition) is 1. The van der Waals surface area contributed by atoms with E-state index in [2.05, 4.69) is 5.32 Å². The number of carbonyl (C=O) groups is 1. The summed E-state index contributed by atoms with van der Waals surface area (Å²) in [7, 11) is 1.66. The summed E-state index contributed by atoms with van der Waals surface area (Å²) in [6.07, 6.45) is 0.602. The molecule has 134 valence electrons. The van der Waals surface area contributed by atoms with Gasteiger partial charge in [-0.2, -0.15) is 0 Å². The molecule has 1 amide bonds. The summed E-state index contributed by atoms with van der Waals surface area (Å²) < 4.78 is 3.15. The fourth-order valence-corrected chi connectivity index (χ4v) is 3.03. The molecule has 0 atom stereocenters. The fourth-order valence-electron chi connectivity index (χ4n) is 3.03. The Morgan fingerprint density at radius 3 is 2.62 bits per heavy atom. The molecule has 3 rings (SSSR count). The second-order valence-corrected chi connectivity index (χ2v) is 6.25. The van der Waals surface area contributed by atoms with E-state index < -0.39 is 5.91 Å². The molecule has 0 fully saturated rings. The molecule has 0 saturated carbocycles. The van der Waals surface area contributed by atoms with E-state index in [9.17, 15) is 14.4 Å². The SMILES string of the molecule is Cc1cccc(=O)n1CCCNC(=O)c1cc2ccccc2n(C)c1=O. The van der Waals surface area contributed by atoms with Crippen molar-refractivity contribution in [3.63, 3.8) is 0 Å². The number of aryl methyl sites for hydroxylation is 2. The lowest BCUT2D eigenvalue weighted by Gasteiger charge is -2.11. The van der Waals surface area contributed by atoms with Crippen molar-refractivity contribution in [3.05, 3.63) is 80.5 Å². The second-order valence-electron chi connectivity index (χ2n) is 6.25. The van der Waals surface area contributed by atoms with Gasteiger partial charge in [0.1, 0.15) is 5.56 Å². The van der Waals surface area contributed by atoms with Crippen LogP contribution < -0.4 is 16.4 Å². The van der Waals surface area contributed by atoms with E-state index in [0.717, 1.165) is 16.6 Å². The molecule has 0 aliphatic carbocycles. The van der Waals surface area contributed by atoms with E-state index in [-0.39, 0.29) is 16.7 Å². The minimum absolute atomic E-state index is 0.0558. The molecule has 3 aromatic rings. The molecular weight excluding hydrogens is 330 g/mol. The molecule has 0 aliphatic heterocycles. The fraction of sp³-hybridized carbons (Fsp3) is 0.250. The molecular formula is C20H21N3O3. The van der Waals surface area contributed by atoms with E-state index in [1.807, 2.05) is 37.3 Å². The molecule has 2 heterocycles. The Morgan fingerprint density at radius 1 is 1.08 bits per heavy atom. The average molecular weight is 351 g/mol. The van der Waals surface area contributed by atoms with Gasteiger partial charge in [-0.3, -0.25) is 14.4 Å². The number of fused-ring (bicyclic) bond motifs is 1. The van der Waals surface area contributed by atoms with Crippen molar-refractivity contribution in [2.45, 2.75) is 19.9 Å². The number of pyridine rings is 2. The van der Waals surface area contributed by atoms with Crippen LogP contribution in [-0.2, 0) is 13.6 Å². The molecule has 6 heteroatoms. The average Bonchev–Trinajstić information content (AvgIpc) is 2.63. The number of para-hydroxylation sites is 1. The van der Waals surface area contributed by atoms with Gasteiger partial charge < -0.3 is 14.5 Å². The Hall–Kier alpha value is -3.15. The van der Waals surface area contributed by atoms with Crippen molar-refractivity contribution in [1.82, 2.24) is 14.5 Å². The van der Waals surface area contributed by atoms with Crippen LogP contribution in [0.3, 0.4) is 0 Å². The number of rotatable bonds is 5. The first-order valence-electron chi connectivity index (χ1n) is 8.52. The predicted molar refractivity (Wildman–Crippen MR) is 102 cm³/mol. The minimum Gasteiger partial charge on any atom is -0.352 e. The number of nitrogens with one attached hydrogen (secondary N) is 1. The van der Waals surface area contributed by atoms with Crippen LogP contribution in [0.15, 0.2) is 58.1 Å². The van der Waals surface area contributed by atoms with Crippen LogP contribution in [0.5, 0.6) is 0 Å². The highest BCUT2D eigenvalue weighted by atomic mass is 16.2. The maximum absolute atomic E-state index is 12.4. The van der Waals surface area contributed by atoms with Gasteiger partial charge in [-0.05, 0) is 36.9 Å². The molecule has 6 nitrogen and oxygen atoms in total. The molecule has 0 radical (unpaired) electrons. The summed E-state index contributed by atoms with van der Waals surface area (Å²) in [6.45, 7) is 2.77. The third-order valence-corrected chi connectivity index (χ3v) is 4.49. The first-order chi connectivity index (χ1) is 12.5. The van der Waals surface area contributed by atoms with E-state index >= 15 is 0 Å². The van der Waals surface area contributed by atoms with Crippen molar-refractivity contribution >= 4 is 16.8 Å². The molecule has 1 N–H and O–H groups in total. The van der Waals surface area contributed by atoms with Gasteiger partial charge in [0.25, 0.3) is 17.0 Å². The highest BCUT2D eigenvalue weighted by Crippen LogP contribution is 2.12. The molecule has 0 aliphatic rings. The van der Waals surface area contributed by atoms with E-state index in [4.69, 9.17) is 0 Å². The Balaban J connectivity index is 1.69. The maximum Gasteiger partial charge on any atom is 0.263 e. The number of aromatic nitrogens is 2. The van der Waals surface area contributed by atoms with Gasteiger partial charge in [0, 0.05) is 31.9 Å². The lowest BCUT2D eigenvalue weighted by Crippen LogP contribution is -2.33. The van der Waals surface area contributed by atoms with Gasteiger partial charge in [-0.1, -0.05) is 24.3 Å². The third-order valence-electron chi connectivity index (χ3n) is 4.49. The first kappa shape index (κ1) is 17.7. The van der Waals surface area contributed by atoms with Gasteiger partial charge in [-0.15, -0.1) is 0 Å². The third kappa shape index (κ3) is 3.44. The predicted octanol–water partition coefficient (Wildman–Crippen LogP) is 1.83. The summed E-state index contributed by atoms with van der Waals surface area (Å²) in [5.41, 5.74) is 1.41. The van der Waals surface area contributed by atoms with Crippen LogP contribution in [0.2, 0.25) is 0 Å². The lowest BCUT2D eigenvalue weighted by molar-refractivity contribution is 0.0951. The van der Waals surface area contributed by atoms with Crippen molar-refractivity contribution < 1.29 is 4.79 Å². The minimum atomic E-state index is -0.395. The summed E-state index contributed by atoms with van der Waals surface area (Å²) in [5, 5.41) is 3.61. The lowest BCUT2D eigenvalue weighted by atomic mass is 10.1. The smallest absolute Gasteiger partial charge is 0.263 e. The largest absolute Gasteiger partial charge is 0.352 e. The zero-order valence-corrected chi connectivity index (χ0v) is 14.9. The highest BCUT2D eigenvalue weighted by molar-refractivity contribution is 5.97. The normalized spacial score (nSPS) is 10.8. The molecule has 0 unspecified atom stereocenters. The summed E-state index contributed by atoms with van der Waals surface area (Å²) >= 11 is 0. The number of benzene rings is 1. The van der Waals surface area contributed by atoms with Crippen molar-refractivity contribution in [2.24, 2.45) is 7.05 Å². The van der Waals surface area contributed by atoms with Crippen LogP contribution in [0.25, 0.3) is 10.9 Å². The van der Waals surface area contributed by atoms with Gasteiger partial charge in [-0.25, -0.2) is 0 Å². The van der Waals surface area contributed by atoms with Crippen molar-refractivity contribution in [1.29, 1.82) is 0 Å². The van der Waals surface area contributed by atoms with Gasteiger partial charge >= 0.3 is 0 Å². The number of hydrogen-bond acceptors (Lipinski definition) is 3. The Labute approximate surface area is 150 Å². The van der Waals surface area contributed by atoms with Gasteiger partial charge in [0.2, 0.25) is 0 Å². The number of amides is 1. The van der Waals surface area contributed by atoms with E-state index in [1.165, 1.54) is 10.6 Å². The molecule has 2 aromatic heterocycles. The van der Waals surface area contributed by atoms with Crippen LogP contribution in [0, 0.1) is 6.92 Å². The molecule has 1 aromatic carbocycles. The quantitative estimate of drug-likeness (QED) is 0.713. The zero-order chi connectivity index (χ0) is 18.7. The molecule has 26 heavy (non-hydrogen) atoms. The summed E-state index contributed by atoms with van der Waals surface area (Å²) in [5.74, 6) is -0.395. The zero-order valence-electron chi connectivity index (χ0n) is 14.9. The Morgan fingerprint density at radius 2 is 1.85 bits per heavy atom. The second kappa shape index (κ2) is 7.39. The molecule has 0 saturated heterocycles. The monoisotopic (exact) mass is 351 g/mol. The van der Waals surface area contributed by atoms with Crippen LogP contribution in [0.1, 0.15) is 22.5 Å². The summed E-state index contributed by atoms with van der Waals surface area (Å²) in [6, 6.07) is 14.2. The van der Waals surface area contributed by atoms with Crippen LogP contribution in [-0.4, -0.2) is 21.6 Å². The maximum atomic E-state index is 12.4. The Kier molecular flexibility index (Phi) is 5.02.